The number of phenolic OH excluding ortho intramolecular Hbond substituents is 1. The van der Waals surface area contributed by atoms with E-state index in [4.69, 9.17) is 15.9 Å². The second-order valence-corrected chi connectivity index (χ2v) is 6.91. The number of nitrogens with one attached hydrogen (secondary N) is 2. The van der Waals surface area contributed by atoms with E-state index in [0.29, 0.717) is 0 Å². The molecule has 3 rings (SSSR count). The lowest BCUT2D eigenvalue weighted by Crippen LogP contribution is -2.55. The number of ether oxygens (including phenoxy) is 2. The number of amidine groups is 1. The number of nitrogens with zero attached hydrogens (tertiary/aromatic N) is 1. The van der Waals surface area contributed by atoms with E-state index in [1.165, 1.54) is 24.3 Å². The van der Waals surface area contributed by atoms with Gasteiger partial charge in [-0.3, -0.25) is 15.0 Å². The molecule has 0 radical (unpaired) electrons. The normalized spacial score (nSPS) is 17.4. The van der Waals surface area contributed by atoms with Gasteiger partial charge >= 0.3 is 6.36 Å². The predicted octanol–water partition coefficient (Wildman–Crippen LogP) is 1.31. The molecule has 1 fully saturated rings. The summed E-state index contributed by atoms with van der Waals surface area (Å²) in [6, 6.07) is 8.39. The monoisotopic (exact) mass is 468 g/mol. The van der Waals surface area contributed by atoms with Crippen LogP contribution in [0.1, 0.15) is 5.56 Å². The van der Waals surface area contributed by atoms with Crippen LogP contribution in [0.25, 0.3) is 0 Å². The Labute approximate surface area is 184 Å². The lowest BCUT2D eigenvalue weighted by atomic mass is 10.1. The number of hydrogen-bond acceptors (Lipinski definition) is 7. The van der Waals surface area contributed by atoms with Gasteiger partial charge in [0.25, 0.3) is 11.8 Å². The molecule has 176 valence electrons. The zero-order valence-electron chi connectivity index (χ0n) is 16.8. The fourth-order valence-corrected chi connectivity index (χ4v) is 3.13. The molecule has 6 N–H and O–H groups in total. The standard InChI is InChI=1S/C20H19F3N4O6/c21-20(22,23)33-12-3-1-2-11(9-12)27-6-7-32-16(19(27)31)15(29)18(30)26-10-4-5-13(17(24)25)14(28)8-10/h1-5,8-9,15-16,28-29H,6-7H2,(H3,24,25)(H,26,30). The van der Waals surface area contributed by atoms with Crippen molar-refractivity contribution in [3.63, 3.8) is 0 Å². The van der Waals surface area contributed by atoms with Crippen LogP contribution in [-0.2, 0) is 14.3 Å². The summed E-state index contributed by atoms with van der Waals surface area (Å²) in [5.41, 5.74) is 5.45. The summed E-state index contributed by atoms with van der Waals surface area (Å²) >= 11 is 0. The van der Waals surface area contributed by atoms with Crippen LogP contribution in [0.4, 0.5) is 24.5 Å². The largest absolute Gasteiger partial charge is 0.573 e. The van der Waals surface area contributed by atoms with Gasteiger partial charge in [0.1, 0.15) is 17.3 Å². The SMILES string of the molecule is N=C(N)c1ccc(NC(=O)C(O)C2OCCN(c3cccc(OC(F)(F)F)c3)C2=O)cc1O. The fourth-order valence-electron chi connectivity index (χ4n) is 3.13. The maximum atomic E-state index is 12.8. The van der Waals surface area contributed by atoms with E-state index >= 15 is 0 Å². The van der Waals surface area contributed by atoms with Crippen molar-refractivity contribution in [3.05, 3.63) is 48.0 Å². The number of amides is 2. The summed E-state index contributed by atoms with van der Waals surface area (Å²) in [7, 11) is 0. The van der Waals surface area contributed by atoms with Crippen molar-refractivity contribution in [3.8, 4) is 11.5 Å². The van der Waals surface area contributed by atoms with E-state index in [9.17, 15) is 33.0 Å². The van der Waals surface area contributed by atoms with Gasteiger partial charge in [-0.2, -0.15) is 0 Å². The highest BCUT2D eigenvalue weighted by Crippen LogP contribution is 2.29. The maximum Gasteiger partial charge on any atom is 0.573 e. The van der Waals surface area contributed by atoms with Crippen molar-refractivity contribution >= 4 is 29.0 Å². The van der Waals surface area contributed by atoms with Crippen molar-refractivity contribution in [1.29, 1.82) is 5.41 Å². The Bertz CT molecular complexity index is 1080. The number of aliphatic hydroxyl groups excluding tert-OH is 1. The number of alkyl halides is 3. The van der Waals surface area contributed by atoms with Gasteiger partial charge in [-0.25, -0.2) is 0 Å². The molecule has 2 amide bonds. The maximum absolute atomic E-state index is 12.8. The van der Waals surface area contributed by atoms with Crippen LogP contribution in [0.15, 0.2) is 42.5 Å². The highest BCUT2D eigenvalue weighted by molar-refractivity contribution is 6.04. The Morgan fingerprint density at radius 2 is 2.03 bits per heavy atom. The lowest BCUT2D eigenvalue weighted by Gasteiger charge is -2.34. The molecule has 0 bridgehead atoms. The average Bonchev–Trinajstić information content (AvgIpc) is 2.72. The second-order valence-electron chi connectivity index (χ2n) is 6.91. The Morgan fingerprint density at radius 1 is 1.30 bits per heavy atom. The van der Waals surface area contributed by atoms with Gasteiger partial charge in [0.05, 0.1) is 12.2 Å². The first-order chi connectivity index (χ1) is 15.5. The van der Waals surface area contributed by atoms with Crippen LogP contribution in [-0.4, -0.2) is 59.6 Å². The van der Waals surface area contributed by atoms with Crippen molar-refractivity contribution in [2.24, 2.45) is 5.73 Å². The van der Waals surface area contributed by atoms with Gasteiger partial charge in [0, 0.05) is 30.1 Å². The summed E-state index contributed by atoms with van der Waals surface area (Å²) in [6.45, 7) is -0.126. The van der Waals surface area contributed by atoms with Crippen LogP contribution >= 0.6 is 0 Å². The van der Waals surface area contributed by atoms with Gasteiger partial charge in [-0.05, 0) is 24.3 Å². The third-order valence-corrected chi connectivity index (χ3v) is 4.60. The summed E-state index contributed by atoms with van der Waals surface area (Å²) < 4.78 is 46.5. The Hall–Kier alpha value is -3.84. The minimum atomic E-state index is -4.92. The fraction of sp³-hybridized carbons (Fsp3) is 0.250. The van der Waals surface area contributed by atoms with Crippen LogP contribution in [0.2, 0.25) is 0 Å². The summed E-state index contributed by atoms with van der Waals surface area (Å²) in [6.07, 6.45) is -8.51. The first kappa shape index (κ1) is 23.8. The Kier molecular flexibility index (Phi) is 6.74. The van der Waals surface area contributed by atoms with Crippen molar-refractivity contribution in [1.82, 2.24) is 0 Å². The minimum Gasteiger partial charge on any atom is -0.507 e. The summed E-state index contributed by atoms with van der Waals surface area (Å²) in [4.78, 5) is 26.3. The molecule has 1 aliphatic rings. The van der Waals surface area contributed by atoms with E-state index in [1.807, 2.05) is 0 Å². The molecule has 0 saturated carbocycles. The first-order valence-corrected chi connectivity index (χ1v) is 9.41. The number of phenols is 1. The number of anilines is 2. The van der Waals surface area contributed by atoms with E-state index in [-0.39, 0.29) is 35.8 Å². The number of carbonyl (C=O) groups is 2. The molecule has 0 aromatic heterocycles. The zero-order valence-corrected chi connectivity index (χ0v) is 16.8. The van der Waals surface area contributed by atoms with E-state index < -0.39 is 42.0 Å². The van der Waals surface area contributed by atoms with E-state index in [2.05, 4.69) is 10.1 Å². The molecular formula is C20H19F3N4O6. The third-order valence-electron chi connectivity index (χ3n) is 4.60. The molecule has 0 spiro atoms. The quantitative estimate of drug-likeness (QED) is 0.316. The molecule has 1 heterocycles. The number of rotatable bonds is 6. The number of halogens is 3. The third kappa shape index (κ3) is 5.70. The predicted molar refractivity (Wildman–Crippen MR) is 109 cm³/mol. The molecule has 10 nitrogen and oxygen atoms in total. The van der Waals surface area contributed by atoms with Crippen LogP contribution in [0.5, 0.6) is 11.5 Å². The number of morpholine rings is 1. The van der Waals surface area contributed by atoms with Gasteiger partial charge in [-0.15, -0.1) is 13.2 Å². The Balaban J connectivity index is 1.72. The van der Waals surface area contributed by atoms with Crippen molar-refractivity contribution < 1.29 is 42.4 Å². The highest BCUT2D eigenvalue weighted by Gasteiger charge is 2.39. The molecule has 2 unspecified atom stereocenters. The minimum absolute atomic E-state index is 0.0282. The molecule has 2 aromatic rings. The van der Waals surface area contributed by atoms with Crippen molar-refractivity contribution in [2.75, 3.05) is 23.4 Å². The molecule has 1 aliphatic heterocycles. The highest BCUT2D eigenvalue weighted by atomic mass is 19.4. The van der Waals surface area contributed by atoms with Gasteiger partial charge < -0.3 is 35.6 Å². The molecule has 13 heteroatoms. The summed E-state index contributed by atoms with van der Waals surface area (Å²) in [5, 5.41) is 29.9. The molecular weight excluding hydrogens is 449 g/mol. The molecule has 2 atom stereocenters. The topological polar surface area (TPSA) is 158 Å². The van der Waals surface area contributed by atoms with Gasteiger partial charge in [0.2, 0.25) is 0 Å². The number of benzene rings is 2. The molecule has 0 aliphatic carbocycles. The summed E-state index contributed by atoms with van der Waals surface area (Å²) in [5.74, 6) is -3.19. The first-order valence-electron chi connectivity index (χ1n) is 9.41. The number of aliphatic hydroxyl groups is 1. The molecule has 1 saturated heterocycles. The number of hydrogen-bond donors (Lipinski definition) is 5. The van der Waals surface area contributed by atoms with E-state index in [0.717, 1.165) is 23.1 Å². The van der Waals surface area contributed by atoms with E-state index in [1.54, 1.807) is 0 Å². The van der Waals surface area contributed by atoms with Crippen LogP contribution in [0, 0.1) is 5.41 Å². The number of aromatic hydroxyl groups is 1. The molecule has 2 aromatic carbocycles. The molecule has 33 heavy (non-hydrogen) atoms. The zero-order chi connectivity index (χ0) is 24.3. The van der Waals surface area contributed by atoms with Crippen LogP contribution in [0.3, 0.4) is 0 Å². The number of nitrogen functional groups attached to an aromatic ring is 1. The Morgan fingerprint density at radius 3 is 2.67 bits per heavy atom. The second kappa shape index (κ2) is 9.34. The number of nitrogens with two attached hydrogens (primary N) is 1. The smallest absolute Gasteiger partial charge is 0.507 e. The van der Waals surface area contributed by atoms with Crippen LogP contribution < -0.4 is 20.7 Å². The lowest BCUT2D eigenvalue weighted by molar-refractivity contribution is -0.274. The average molecular weight is 468 g/mol. The van der Waals surface area contributed by atoms with Gasteiger partial charge in [-0.1, -0.05) is 6.07 Å². The number of carbonyl (C=O) groups excluding carboxylic acids is 2. The van der Waals surface area contributed by atoms with Gasteiger partial charge in [0.15, 0.2) is 12.2 Å². The van der Waals surface area contributed by atoms with Crippen molar-refractivity contribution in [2.45, 2.75) is 18.6 Å².